The fourth-order valence-electron chi connectivity index (χ4n) is 2.71. The lowest BCUT2D eigenvalue weighted by Crippen LogP contribution is -2.45. The molecule has 0 bridgehead atoms. The van der Waals surface area contributed by atoms with E-state index in [1.807, 2.05) is 45.0 Å². The third kappa shape index (κ3) is 5.96. The van der Waals surface area contributed by atoms with Crippen molar-refractivity contribution >= 4 is 29.2 Å². The molecule has 5 nitrogen and oxygen atoms in total. The first-order valence-corrected chi connectivity index (χ1v) is 9.61. The van der Waals surface area contributed by atoms with E-state index in [1.54, 1.807) is 31.4 Å². The van der Waals surface area contributed by atoms with Gasteiger partial charge in [-0.05, 0) is 63.1 Å². The molecule has 2 rings (SSSR count). The first kappa shape index (κ1) is 20.7. The van der Waals surface area contributed by atoms with Gasteiger partial charge in [0.2, 0.25) is 11.8 Å². The van der Waals surface area contributed by atoms with Gasteiger partial charge in [-0.3, -0.25) is 9.59 Å². The van der Waals surface area contributed by atoms with Gasteiger partial charge in [-0.1, -0.05) is 12.1 Å². The summed E-state index contributed by atoms with van der Waals surface area (Å²) in [7, 11) is 1.60. The maximum absolute atomic E-state index is 12.4. The average molecular weight is 387 g/mol. The zero-order valence-electron chi connectivity index (χ0n) is 16.3. The van der Waals surface area contributed by atoms with E-state index < -0.39 is 6.04 Å². The highest BCUT2D eigenvalue weighted by molar-refractivity contribution is 7.12. The standard InChI is InChI=1S/C21H26N2O3S/c1-13-12-19(16(4)27-13)14(2)23-21(25)15(3)22-20(24)11-8-17-6-9-18(26-5)10-7-17/h6-12,14-15H,1-5H3,(H,22,24)(H,23,25). The quantitative estimate of drug-likeness (QED) is 0.712. The second-order valence-corrected chi connectivity index (χ2v) is 7.90. The van der Waals surface area contributed by atoms with Gasteiger partial charge in [0.15, 0.2) is 0 Å². The molecule has 0 aliphatic heterocycles. The average Bonchev–Trinajstić information content (AvgIpc) is 2.98. The summed E-state index contributed by atoms with van der Waals surface area (Å²) in [6.45, 7) is 7.72. The fourth-order valence-corrected chi connectivity index (χ4v) is 3.73. The van der Waals surface area contributed by atoms with E-state index in [9.17, 15) is 9.59 Å². The number of aryl methyl sites for hydroxylation is 2. The molecule has 0 saturated heterocycles. The van der Waals surface area contributed by atoms with Crippen molar-refractivity contribution in [2.75, 3.05) is 7.11 Å². The Hall–Kier alpha value is -2.60. The van der Waals surface area contributed by atoms with E-state index in [2.05, 4.69) is 16.7 Å². The second kappa shape index (κ2) is 9.37. The van der Waals surface area contributed by atoms with Crippen molar-refractivity contribution in [3.63, 3.8) is 0 Å². The zero-order chi connectivity index (χ0) is 20.0. The van der Waals surface area contributed by atoms with Crippen LogP contribution in [0.15, 0.2) is 36.4 Å². The van der Waals surface area contributed by atoms with Crippen molar-refractivity contribution in [1.29, 1.82) is 0 Å². The topological polar surface area (TPSA) is 67.4 Å². The van der Waals surface area contributed by atoms with E-state index >= 15 is 0 Å². The van der Waals surface area contributed by atoms with Crippen LogP contribution in [0.2, 0.25) is 0 Å². The van der Waals surface area contributed by atoms with E-state index in [0.29, 0.717) is 0 Å². The van der Waals surface area contributed by atoms with Crippen LogP contribution in [-0.4, -0.2) is 25.0 Å². The lowest BCUT2D eigenvalue weighted by atomic mass is 10.1. The van der Waals surface area contributed by atoms with Gasteiger partial charge < -0.3 is 15.4 Å². The van der Waals surface area contributed by atoms with Crippen LogP contribution in [0.3, 0.4) is 0 Å². The van der Waals surface area contributed by atoms with Crippen molar-refractivity contribution in [2.45, 2.75) is 39.8 Å². The molecular weight excluding hydrogens is 360 g/mol. The predicted molar refractivity (Wildman–Crippen MR) is 110 cm³/mol. The first-order valence-electron chi connectivity index (χ1n) is 8.80. The molecule has 27 heavy (non-hydrogen) atoms. The van der Waals surface area contributed by atoms with Gasteiger partial charge in [-0.25, -0.2) is 0 Å². The van der Waals surface area contributed by atoms with Crippen molar-refractivity contribution in [2.24, 2.45) is 0 Å². The number of carbonyl (C=O) groups excluding carboxylic acids is 2. The predicted octanol–water partition coefficient (Wildman–Crippen LogP) is 3.77. The minimum absolute atomic E-state index is 0.100. The lowest BCUT2D eigenvalue weighted by Gasteiger charge is -2.18. The first-order chi connectivity index (χ1) is 12.8. The highest BCUT2D eigenvalue weighted by atomic mass is 32.1. The molecule has 1 aromatic carbocycles. The third-order valence-electron chi connectivity index (χ3n) is 4.20. The van der Waals surface area contributed by atoms with Crippen LogP contribution in [0.5, 0.6) is 5.75 Å². The third-order valence-corrected chi connectivity index (χ3v) is 5.18. The molecule has 1 heterocycles. The maximum Gasteiger partial charge on any atom is 0.244 e. The molecule has 0 fully saturated rings. The van der Waals surface area contributed by atoms with Crippen LogP contribution in [0.25, 0.3) is 6.08 Å². The molecule has 2 unspecified atom stereocenters. The molecule has 2 aromatic rings. The van der Waals surface area contributed by atoms with Crippen molar-refractivity contribution in [3.05, 3.63) is 57.3 Å². The normalized spacial score (nSPS) is 13.2. The van der Waals surface area contributed by atoms with Crippen molar-refractivity contribution < 1.29 is 14.3 Å². The Balaban J connectivity index is 1.88. The number of nitrogens with one attached hydrogen (secondary N) is 2. The summed E-state index contributed by atoms with van der Waals surface area (Å²) >= 11 is 1.71. The van der Waals surface area contributed by atoms with Gasteiger partial charge >= 0.3 is 0 Å². The highest BCUT2D eigenvalue weighted by Gasteiger charge is 2.19. The minimum Gasteiger partial charge on any atom is -0.497 e. The van der Waals surface area contributed by atoms with E-state index in [4.69, 9.17) is 4.74 Å². The summed E-state index contributed by atoms with van der Waals surface area (Å²) < 4.78 is 5.10. The number of methoxy groups -OCH3 is 1. The number of ether oxygens (including phenoxy) is 1. The Morgan fingerprint density at radius 1 is 1.11 bits per heavy atom. The van der Waals surface area contributed by atoms with Crippen molar-refractivity contribution in [1.82, 2.24) is 10.6 Å². The molecule has 0 radical (unpaired) electrons. The minimum atomic E-state index is -0.625. The van der Waals surface area contributed by atoms with Gasteiger partial charge in [0.05, 0.1) is 13.2 Å². The van der Waals surface area contributed by atoms with Gasteiger partial charge in [0.1, 0.15) is 11.8 Å². The fraction of sp³-hybridized carbons (Fsp3) is 0.333. The number of amides is 2. The van der Waals surface area contributed by atoms with Crippen LogP contribution < -0.4 is 15.4 Å². The summed E-state index contributed by atoms with van der Waals surface area (Å²) in [5.41, 5.74) is 1.99. The monoisotopic (exact) mass is 386 g/mol. The number of rotatable bonds is 7. The molecule has 0 saturated carbocycles. The van der Waals surface area contributed by atoms with Crippen LogP contribution in [-0.2, 0) is 9.59 Å². The number of hydrogen-bond donors (Lipinski definition) is 2. The molecule has 1 aromatic heterocycles. The van der Waals surface area contributed by atoms with Crippen LogP contribution >= 0.6 is 11.3 Å². The summed E-state index contributed by atoms with van der Waals surface area (Å²) in [6, 6.07) is 8.71. The number of thiophene rings is 1. The van der Waals surface area contributed by atoms with E-state index in [1.165, 1.54) is 15.8 Å². The molecule has 2 atom stereocenters. The van der Waals surface area contributed by atoms with Crippen LogP contribution in [0.4, 0.5) is 0 Å². The van der Waals surface area contributed by atoms with Crippen molar-refractivity contribution in [3.8, 4) is 5.75 Å². The molecule has 144 valence electrons. The molecule has 0 aliphatic rings. The second-order valence-electron chi connectivity index (χ2n) is 6.44. The SMILES string of the molecule is COc1ccc(C=CC(=O)NC(C)C(=O)NC(C)c2cc(C)sc2C)cc1. The molecule has 0 spiro atoms. The molecule has 2 amide bonds. The Morgan fingerprint density at radius 2 is 1.78 bits per heavy atom. The van der Waals surface area contributed by atoms with Gasteiger partial charge in [0, 0.05) is 15.8 Å². The number of carbonyl (C=O) groups is 2. The Labute approximate surface area is 164 Å². The summed E-state index contributed by atoms with van der Waals surface area (Å²) in [5, 5.41) is 5.65. The summed E-state index contributed by atoms with van der Waals surface area (Å²) in [6.07, 6.45) is 3.11. The highest BCUT2D eigenvalue weighted by Crippen LogP contribution is 2.26. The summed E-state index contributed by atoms with van der Waals surface area (Å²) in [4.78, 5) is 26.8. The van der Waals surface area contributed by atoms with E-state index in [-0.39, 0.29) is 17.9 Å². The smallest absolute Gasteiger partial charge is 0.244 e. The molecule has 6 heteroatoms. The molecule has 2 N–H and O–H groups in total. The van der Waals surface area contributed by atoms with Gasteiger partial charge in [-0.2, -0.15) is 0 Å². The van der Waals surface area contributed by atoms with Gasteiger partial charge in [0.25, 0.3) is 0 Å². The van der Waals surface area contributed by atoms with Crippen LogP contribution in [0, 0.1) is 13.8 Å². The lowest BCUT2D eigenvalue weighted by molar-refractivity contribution is -0.127. The van der Waals surface area contributed by atoms with Gasteiger partial charge in [-0.15, -0.1) is 11.3 Å². The zero-order valence-corrected chi connectivity index (χ0v) is 17.1. The largest absolute Gasteiger partial charge is 0.497 e. The molecular formula is C21H26N2O3S. The Kier molecular flexibility index (Phi) is 7.19. The van der Waals surface area contributed by atoms with Crippen LogP contribution in [0.1, 0.15) is 40.8 Å². The summed E-state index contributed by atoms with van der Waals surface area (Å²) in [5.74, 6) is 0.229. The molecule has 0 aliphatic carbocycles. The maximum atomic E-state index is 12.4. The number of hydrogen-bond acceptors (Lipinski definition) is 4. The Morgan fingerprint density at radius 3 is 2.33 bits per heavy atom. The Bertz CT molecular complexity index is 824. The number of benzene rings is 1. The van der Waals surface area contributed by atoms with E-state index in [0.717, 1.165) is 16.9 Å².